The quantitative estimate of drug-likeness (QED) is 0.0606. The van der Waals surface area contributed by atoms with E-state index in [1.165, 1.54) is 120 Å². The molecule has 3 rings (SSSR count). The summed E-state index contributed by atoms with van der Waals surface area (Å²) in [5.74, 6) is 0.366. The summed E-state index contributed by atoms with van der Waals surface area (Å²) in [6, 6.07) is 22.1. The van der Waals surface area contributed by atoms with Crippen LogP contribution in [0, 0.1) is 5.82 Å². The van der Waals surface area contributed by atoms with E-state index in [1.54, 1.807) is 6.08 Å². The molecular formula is C42H55FO2. The van der Waals surface area contributed by atoms with Crippen LogP contribution in [-0.4, -0.2) is 5.78 Å². The van der Waals surface area contributed by atoms with Gasteiger partial charge in [0.2, 0.25) is 0 Å². The molecule has 0 radical (unpaired) electrons. The first kappa shape index (κ1) is 36.0. The van der Waals surface area contributed by atoms with Crippen molar-refractivity contribution >= 4 is 17.4 Å². The SMILES string of the molecule is C=C(C)c1ccc(OC(CCCCCCCCCCCCCCCCC)c2ccc(C=CC(=O)c3ccc(F)cc3)cc2)cc1. The van der Waals surface area contributed by atoms with Crippen molar-refractivity contribution in [3.05, 3.63) is 114 Å². The number of ketones is 1. The lowest BCUT2D eigenvalue weighted by molar-refractivity contribution is 0.104. The zero-order valence-electron chi connectivity index (χ0n) is 27.9. The number of hydrogen-bond donors (Lipinski definition) is 0. The Bertz CT molecular complexity index is 1270. The highest BCUT2D eigenvalue weighted by molar-refractivity contribution is 6.06. The zero-order chi connectivity index (χ0) is 32.1. The topological polar surface area (TPSA) is 26.3 Å². The van der Waals surface area contributed by atoms with Crippen molar-refractivity contribution in [3.63, 3.8) is 0 Å². The minimum absolute atomic E-state index is 0.0403. The molecule has 0 aliphatic heterocycles. The molecular weight excluding hydrogens is 555 g/mol. The molecule has 1 atom stereocenters. The Kier molecular flexibility index (Phi) is 17.1. The number of rotatable bonds is 23. The van der Waals surface area contributed by atoms with Crippen LogP contribution in [0.2, 0.25) is 0 Å². The predicted octanol–water partition coefficient (Wildman–Crippen LogP) is 13.1. The summed E-state index contributed by atoms with van der Waals surface area (Å²) in [4.78, 5) is 12.5. The molecule has 3 heteroatoms. The number of carbonyl (C=O) groups excluding carboxylic acids is 1. The molecule has 2 nitrogen and oxygen atoms in total. The largest absolute Gasteiger partial charge is 0.486 e. The van der Waals surface area contributed by atoms with Crippen molar-refractivity contribution in [2.24, 2.45) is 0 Å². The Labute approximate surface area is 272 Å². The molecule has 45 heavy (non-hydrogen) atoms. The molecule has 0 aliphatic carbocycles. The fourth-order valence-corrected chi connectivity index (χ4v) is 5.68. The second-order valence-electron chi connectivity index (χ2n) is 12.5. The maximum atomic E-state index is 13.2. The second-order valence-corrected chi connectivity index (χ2v) is 12.5. The molecule has 0 spiro atoms. The van der Waals surface area contributed by atoms with Crippen molar-refractivity contribution in [1.82, 2.24) is 0 Å². The molecule has 0 N–H and O–H groups in total. The van der Waals surface area contributed by atoms with Gasteiger partial charge in [-0.3, -0.25) is 4.79 Å². The van der Waals surface area contributed by atoms with E-state index in [4.69, 9.17) is 4.74 Å². The number of halogens is 1. The van der Waals surface area contributed by atoms with Gasteiger partial charge in [-0.15, -0.1) is 0 Å². The zero-order valence-corrected chi connectivity index (χ0v) is 27.9. The average molecular weight is 611 g/mol. The number of ether oxygens (including phenoxy) is 1. The maximum absolute atomic E-state index is 13.2. The Hall–Kier alpha value is -3.46. The average Bonchev–Trinajstić information content (AvgIpc) is 3.05. The monoisotopic (exact) mass is 610 g/mol. The third kappa shape index (κ3) is 14.5. The second kappa shape index (κ2) is 21.3. The van der Waals surface area contributed by atoms with E-state index >= 15 is 0 Å². The summed E-state index contributed by atoms with van der Waals surface area (Å²) < 4.78 is 19.7. The predicted molar refractivity (Wildman–Crippen MR) is 190 cm³/mol. The number of hydrogen-bond acceptors (Lipinski definition) is 2. The summed E-state index contributed by atoms with van der Waals surface area (Å²) in [5.41, 5.74) is 4.70. The van der Waals surface area contributed by atoms with Crippen LogP contribution < -0.4 is 4.74 Å². The third-order valence-corrected chi connectivity index (χ3v) is 8.56. The van der Waals surface area contributed by atoms with Gasteiger partial charge in [0.05, 0.1) is 0 Å². The van der Waals surface area contributed by atoms with Gasteiger partial charge in [-0.25, -0.2) is 4.39 Å². The molecule has 242 valence electrons. The van der Waals surface area contributed by atoms with Crippen LogP contribution in [-0.2, 0) is 0 Å². The molecule has 0 saturated carbocycles. The molecule has 3 aromatic carbocycles. The van der Waals surface area contributed by atoms with Gasteiger partial charge >= 0.3 is 0 Å². The minimum atomic E-state index is -0.348. The van der Waals surface area contributed by atoms with Crippen LogP contribution in [0.25, 0.3) is 11.6 Å². The van der Waals surface area contributed by atoms with E-state index < -0.39 is 0 Å². The molecule has 3 aromatic rings. The molecule has 0 amide bonds. The minimum Gasteiger partial charge on any atom is -0.486 e. The van der Waals surface area contributed by atoms with E-state index in [-0.39, 0.29) is 17.7 Å². The first-order valence-corrected chi connectivity index (χ1v) is 17.5. The van der Waals surface area contributed by atoms with E-state index in [1.807, 2.05) is 31.2 Å². The molecule has 0 aliphatic rings. The van der Waals surface area contributed by atoms with E-state index in [0.717, 1.165) is 40.9 Å². The highest BCUT2D eigenvalue weighted by Crippen LogP contribution is 2.29. The fraction of sp³-hybridized carbons (Fsp3) is 0.452. The Morgan fingerprint density at radius 3 is 1.69 bits per heavy atom. The first-order chi connectivity index (χ1) is 22.0. The smallest absolute Gasteiger partial charge is 0.185 e. The first-order valence-electron chi connectivity index (χ1n) is 17.5. The molecule has 0 saturated heterocycles. The third-order valence-electron chi connectivity index (χ3n) is 8.56. The lowest BCUT2D eigenvalue weighted by Gasteiger charge is -2.20. The van der Waals surface area contributed by atoms with Crippen LogP contribution >= 0.6 is 0 Å². The summed E-state index contributed by atoms with van der Waals surface area (Å²) in [5, 5.41) is 0. The van der Waals surface area contributed by atoms with Crippen molar-refractivity contribution in [2.45, 2.75) is 123 Å². The van der Waals surface area contributed by atoms with E-state index in [2.05, 4.69) is 37.8 Å². The molecule has 0 heterocycles. The Balaban J connectivity index is 1.45. The van der Waals surface area contributed by atoms with Crippen molar-refractivity contribution in [2.75, 3.05) is 0 Å². The summed E-state index contributed by atoms with van der Waals surface area (Å²) in [6.45, 7) is 8.33. The maximum Gasteiger partial charge on any atom is 0.185 e. The van der Waals surface area contributed by atoms with Crippen LogP contribution in [0.4, 0.5) is 4.39 Å². The Morgan fingerprint density at radius 1 is 0.689 bits per heavy atom. The normalized spacial score (nSPS) is 12.0. The lowest BCUT2D eigenvalue weighted by atomic mass is 9.99. The number of allylic oxidation sites excluding steroid dienone is 2. The van der Waals surface area contributed by atoms with Crippen molar-refractivity contribution in [3.8, 4) is 5.75 Å². The van der Waals surface area contributed by atoms with Gasteiger partial charge < -0.3 is 4.74 Å². The summed E-state index contributed by atoms with van der Waals surface area (Å²) >= 11 is 0. The van der Waals surface area contributed by atoms with Gasteiger partial charge in [0.15, 0.2) is 5.78 Å². The van der Waals surface area contributed by atoms with Gasteiger partial charge in [0, 0.05) is 5.56 Å². The molecule has 0 aromatic heterocycles. The lowest BCUT2D eigenvalue weighted by Crippen LogP contribution is -2.08. The van der Waals surface area contributed by atoms with Gasteiger partial charge in [0.1, 0.15) is 17.7 Å². The Morgan fingerprint density at radius 2 is 1.18 bits per heavy atom. The molecule has 1 unspecified atom stereocenters. The highest BCUT2D eigenvalue weighted by atomic mass is 19.1. The van der Waals surface area contributed by atoms with Gasteiger partial charge in [-0.2, -0.15) is 0 Å². The molecule has 0 fully saturated rings. The standard InChI is InChI=1S/C42H55FO2/c1-4-5-6-7-8-9-10-11-12-13-14-15-16-17-18-19-42(45-40-31-27-36(28-32-40)34(2)3)38-23-20-35(21-24-38)22-33-41(44)37-25-29-39(43)30-26-37/h20-33,42H,2,4-19H2,1,3H3. The van der Waals surface area contributed by atoms with E-state index in [9.17, 15) is 9.18 Å². The van der Waals surface area contributed by atoms with E-state index in [0.29, 0.717) is 5.56 Å². The van der Waals surface area contributed by atoms with Crippen molar-refractivity contribution in [1.29, 1.82) is 0 Å². The fourth-order valence-electron chi connectivity index (χ4n) is 5.68. The van der Waals surface area contributed by atoms with Crippen LogP contribution in [0.15, 0.2) is 85.5 Å². The van der Waals surface area contributed by atoms with Gasteiger partial charge in [0.25, 0.3) is 0 Å². The van der Waals surface area contributed by atoms with Crippen molar-refractivity contribution < 1.29 is 13.9 Å². The number of unbranched alkanes of at least 4 members (excludes halogenated alkanes) is 14. The highest BCUT2D eigenvalue weighted by Gasteiger charge is 2.14. The number of benzene rings is 3. The van der Waals surface area contributed by atoms with Crippen LogP contribution in [0.5, 0.6) is 5.75 Å². The summed E-state index contributed by atoms with van der Waals surface area (Å²) in [7, 11) is 0. The number of carbonyl (C=O) groups is 1. The van der Waals surface area contributed by atoms with Crippen LogP contribution in [0.3, 0.4) is 0 Å². The van der Waals surface area contributed by atoms with Crippen LogP contribution in [0.1, 0.15) is 150 Å². The van der Waals surface area contributed by atoms with Gasteiger partial charge in [-0.1, -0.05) is 151 Å². The van der Waals surface area contributed by atoms with Gasteiger partial charge in [-0.05, 0) is 78.9 Å². The molecule has 0 bridgehead atoms. The summed E-state index contributed by atoms with van der Waals surface area (Å²) in [6.07, 6.45) is 24.5.